The number of aromatic nitrogens is 1. The van der Waals surface area contributed by atoms with E-state index in [1.807, 2.05) is 25.8 Å². The van der Waals surface area contributed by atoms with E-state index in [4.69, 9.17) is 0 Å². The zero-order valence-electron chi connectivity index (χ0n) is 14.1. The average Bonchev–Trinajstić information content (AvgIpc) is 2.84. The zero-order valence-corrected chi connectivity index (χ0v) is 14.9. The Balaban J connectivity index is 1.86. The van der Waals surface area contributed by atoms with Gasteiger partial charge in [-0.2, -0.15) is 0 Å². The molecule has 2 aromatic rings. The van der Waals surface area contributed by atoms with Gasteiger partial charge in [-0.05, 0) is 31.5 Å². The highest BCUT2D eigenvalue weighted by Crippen LogP contribution is 2.17. The number of halogens is 1. The lowest BCUT2D eigenvalue weighted by molar-refractivity contribution is 0.476. The van der Waals surface area contributed by atoms with Crippen LogP contribution in [0.25, 0.3) is 0 Å². The highest BCUT2D eigenvalue weighted by atomic mass is 32.1. The summed E-state index contributed by atoms with van der Waals surface area (Å²) in [4.78, 5) is 12.1. The van der Waals surface area contributed by atoms with Gasteiger partial charge in [-0.3, -0.25) is 4.99 Å². The molecule has 0 aliphatic rings. The molecule has 1 heterocycles. The Hall–Kier alpha value is -1.95. The molecule has 1 aromatic carbocycles. The van der Waals surface area contributed by atoms with Gasteiger partial charge in [0.15, 0.2) is 5.96 Å². The van der Waals surface area contributed by atoms with Crippen LogP contribution in [0.1, 0.15) is 21.1 Å². The van der Waals surface area contributed by atoms with Crippen molar-refractivity contribution in [2.24, 2.45) is 4.99 Å². The molecule has 0 aliphatic heterocycles. The number of aryl methyl sites for hydroxylation is 2. The molecular formula is C17H23FN4S. The Morgan fingerprint density at radius 3 is 2.57 bits per heavy atom. The highest BCUT2D eigenvalue weighted by Gasteiger charge is 2.08. The minimum Gasteiger partial charge on any atom is -0.356 e. The van der Waals surface area contributed by atoms with E-state index in [2.05, 4.69) is 15.3 Å². The number of benzene rings is 1. The number of aliphatic imine (C=N–C) groups is 1. The van der Waals surface area contributed by atoms with E-state index in [1.54, 1.807) is 30.5 Å². The van der Waals surface area contributed by atoms with Crippen LogP contribution in [0, 0.1) is 19.7 Å². The molecule has 0 spiro atoms. The summed E-state index contributed by atoms with van der Waals surface area (Å²) in [7, 11) is 3.74. The second-order valence-corrected chi connectivity index (χ2v) is 6.74. The molecule has 0 radical (unpaired) electrons. The maximum absolute atomic E-state index is 13.0. The van der Waals surface area contributed by atoms with Crippen molar-refractivity contribution in [3.8, 4) is 0 Å². The third kappa shape index (κ3) is 5.03. The van der Waals surface area contributed by atoms with Gasteiger partial charge in [0.2, 0.25) is 0 Å². The van der Waals surface area contributed by atoms with Crippen molar-refractivity contribution in [2.75, 3.05) is 20.6 Å². The van der Waals surface area contributed by atoms with Crippen LogP contribution in [-0.2, 0) is 13.0 Å². The SMILES string of the molecule is CN=C(NCCc1sc(C)nc1C)N(C)Cc1ccc(F)cc1. The van der Waals surface area contributed by atoms with E-state index in [0.717, 1.165) is 35.2 Å². The molecule has 2 rings (SSSR count). The van der Waals surface area contributed by atoms with Crippen LogP contribution >= 0.6 is 11.3 Å². The van der Waals surface area contributed by atoms with E-state index in [9.17, 15) is 4.39 Å². The lowest BCUT2D eigenvalue weighted by Crippen LogP contribution is -2.39. The summed E-state index contributed by atoms with van der Waals surface area (Å²) in [6.07, 6.45) is 0.931. The molecule has 0 bridgehead atoms. The molecule has 0 fully saturated rings. The molecule has 124 valence electrons. The largest absolute Gasteiger partial charge is 0.356 e. The second kappa shape index (κ2) is 8.06. The van der Waals surface area contributed by atoms with Crippen molar-refractivity contribution < 1.29 is 4.39 Å². The number of nitrogens with one attached hydrogen (secondary N) is 1. The summed E-state index contributed by atoms with van der Waals surface area (Å²) in [6, 6.07) is 6.55. The predicted octanol–water partition coefficient (Wildman–Crippen LogP) is 3.15. The number of rotatable bonds is 5. The zero-order chi connectivity index (χ0) is 16.8. The van der Waals surface area contributed by atoms with Crippen LogP contribution in [0.3, 0.4) is 0 Å². The summed E-state index contributed by atoms with van der Waals surface area (Å²) >= 11 is 1.75. The van der Waals surface area contributed by atoms with Gasteiger partial charge >= 0.3 is 0 Å². The Kier molecular flexibility index (Phi) is 6.10. The van der Waals surface area contributed by atoms with Crippen molar-refractivity contribution in [2.45, 2.75) is 26.8 Å². The third-order valence-corrected chi connectivity index (χ3v) is 4.67. The maximum atomic E-state index is 13.0. The molecule has 23 heavy (non-hydrogen) atoms. The van der Waals surface area contributed by atoms with Crippen molar-refractivity contribution >= 4 is 17.3 Å². The van der Waals surface area contributed by atoms with E-state index in [0.29, 0.717) is 6.54 Å². The molecule has 0 saturated carbocycles. The van der Waals surface area contributed by atoms with Crippen LogP contribution in [0.5, 0.6) is 0 Å². The van der Waals surface area contributed by atoms with Gasteiger partial charge in [0, 0.05) is 38.5 Å². The molecular weight excluding hydrogens is 311 g/mol. The van der Waals surface area contributed by atoms with Crippen LogP contribution in [-0.4, -0.2) is 36.5 Å². The topological polar surface area (TPSA) is 40.5 Å². The summed E-state index contributed by atoms with van der Waals surface area (Å²) in [5.74, 6) is 0.613. The van der Waals surface area contributed by atoms with Gasteiger partial charge in [-0.25, -0.2) is 9.37 Å². The predicted molar refractivity (Wildman–Crippen MR) is 94.5 cm³/mol. The van der Waals surface area contributed by atoms with Crippen LogP contribution in [0.4, 0.5) is 4.39 Å². The fraction of sp³-hybridized carbons (Fsp3) is 0.412. The van der Waals surface area contributed by atoms with Crippen LogP contribution < -0.4 is 5.32 Å². The first-order valence-corrected chi connectivity index (χ1v) is 8.40. The lowest BCUT2D eigenvalue weighted by atomic mass is 10.2. The van der Waals surface area contributed by atoms with E-state index >= 15 is 0 Å². The number of hydrogen-bond acceptors (Lipinski definition) is 3. The number of guanidine groups is 1. The standard InChI is InChI=1S/C17H23FN4S/c1-12-16(23-13(2)21-12)9-10-20-17(19-3)22(4)11-14-5-7-15(18)8-6-14/h5-8H,9-11H2,1-4H3,(H,19,20). The smallest absolute Gasteiger partial charge is 0.193 e. The second-order valence-electron chi connectivity index (χ2n) is 5.45. The summed E-state index contributed by atoms with van der Waals surface area (Å²) in [5, 5.41) is 4.47. The monoisotopic (exact) mass is 334 g/mol. The summed E-state index contributed by atoms with van der Waals surface area (Å²) < 4.78 is 13.0. The van der Waals surface area contributed by atoms with Gasteiger partial charge in [-0.15, -0.1) is 11.3 Å². The first-order chi connectivity index (χ1) is 11.0. The quantitative estimate of drug-likeness (QED) is 0.674. The Morgan fingerprint density at radius 2 is 2.00 bits per heavy atom. The molecule has 0 saturated heterocycles. The van der Waals surface area contributed by atoms with E-state index in [1.165, 1.54) is 17.0 Å². The minimum absolute atomic E-state index is 0.214. The molecule has 0 aliphatic carbocycles. The molecule has 1 aromatic heterocycles. The van der Waals surface area contributed by atoms with Crippen molar-refractivity contribution in [3.63, 3.8) is 0 Å². The van der Waals surface area contributed by atoms with Crippen molar-refractivity contribution in [1.82, 2.24) is 15.2 Å². The number of nitrogens with zero attached hydrogens (tertiary/aromatic N) is 3. The van der Waals surface area contributed by atoms with E-state index < -0.39 is 0 Å². The van der Waals surface area contributed by atoms with Gasteiger partial charge < -0.3 is 10.2 Å². The molecule has 0 amide bonds. The highest BCUT2D eigenvalue weighted by molar-refractivity contribution is 7.11. The van der Waals surface area contributed by atoms with Gasteiger partial charge in [0.1, 0.15) is 5.82 Å². The van der Waals surface area contributed by atoms with Crippen LogP contribution in [0.2, 0.25) is 0 Å². The van der Waals surface area contributed by atoms with Gasteiger partial charge in [0.05, 0.1) is 10.7 Å². The fourth-order valence-corrected chi connectivity index (χ4v) is 3.35. The van der Waals surface area contributed by atoms with Gasteiger partial charge in [-0.1, -0.05) is 12.1 Å². The summed E-state index contributed by atoms with van der Waals surface area (Å²) in [6.45, 7) is 5.57. The average molecular weight is 334 g/mol. The van der Waals surface area contributed by atoms with Gasteiger partial charge in [0.25, 0.3) is 0 Å². The van der Waals surface area contributed by atoms with Crippen LogP contribution in [0.15, 0.2) is 29.3 Å². The Morgan fingerprint density at radius 1 is 1.30 bits per heavy atom. The first kappa shape index (κ1) is 17.4. The third-order valence-electron chi connectivity index (χ3n) is 3.54. The normalized spacial score (nSPS) is 11.6. The lowest BCUT2D eigenvalue weighted by Gasteiger charge is -2.22. The molecule has 6 heteroatoms. The molecule has 0 atom stereocenters. The Labute approximate surface area is 141 Å². The van der Waals surface area contributed by atoms with Crippen molar-refractivity contribution in [3.05, 3.63) is 51.2 Å². The molecule has 4 nitrogen and oxygen atoms in total. The van der Waals surface area contributed by atoms with E-state index in [-0.39, 0.29) is 5.82 Å². The molecule has 1 N–H and O–H groups in total. The Bertz CT molecular complexity index is 664. The number of hydrogen-bond donors (Lipinski definition) is 1. The number of thiazole rings is 1. The first-order valence-electron chi connectivity index (χ1n) is 7.58. The summed E-state index contributed by atoms with van der Waals surface area (Å²) in [5.41, 5.74) is 2.16. The fourth-order valence-electron chi connectivity index (χ4n) is 2.42. The minimum atomic E-state index is -0.214. The maximum Gasteiger partial charge on any atom is 0.193 e. The van der Waals surface area contributed by atoms with Crippen molar-refractivity contribution in [1.29, 1.82) is 0 Å². The molecule has 0 unspecified atom stereocenters.